The van der Waals surface area contributed by atoms with Crippen LogP contribution in [0, 0.1) is 0 Å². The first kappa shape index (κ1) is 16.2. The summed E-state index contributed by atoms with van der Waals surface area (Å²) in [4.78, 5) is 12.5. The Kier molecular flexibility index (Phi) is 4.09. The standard InChI is InChI=1S/C17H24N4O/c1-16(2,3)13-7-12(8-14(9-13)17(4,5)6)15(22)20-21-10-18-19-11-21/h7-11H,1-6H3,(H,20,22). The van der Waals surface area contributed by atoms with Crippen LogP contribution in [0.15, 0.2) is 30.9 Å². The highest BCUT2D eigenvalue weighted by atomic mass is 16.2. The third-order valence-electron chi connectivity index (χ3n) is 3.58. The number of hydrogen-bond acceptors (Lipinski definition) is 3. The van der Waals surface area contributed by atoms with Gasteiger partial charge in [0.15, 0.2) is 0 Å². The lowest BCUT2D eigenvalue weighted by Gasteiger charge is -2.26. The van der Waals surface area contributed by atoms with Gasteiger partial charge in [0.05, 0.1) is 0 Å². The van der Waals surface area contributed by atoms with Crippen LogP contribution in [0.25, 0.3) is 0 Å². The van der Waals surface area contributed by atoms with Crippen molar-refractivity contribution in [2.24, 2.45) is 0 Å². The molecule has 0 aliphatic heterocycles. The third kappa shape index (κ3) is 3.72. The van der Waals surface area contributed by atoms with Crippen LogP contribution in [0.4, 0.5) is 0 Å². The molecule has 1 amide bonds. The number of carbonyl (C=O) groups is 1. The molecule has 5 nitrogen and oxygen atoms in total. The summed E-state index contributed by atoms with van der Waals surface area (Å²) in [5.74, 6) is -0.170. The van der Waals surface area contributed by atoms with Crippen LogP contribution in [0.5, 0.6) is 0 Å². The fourth-order valence-corrected chi connectivity index (χ4v) is 2.06. The lowest BCUT2D eigenvalue weighted by Crippen LogP contribution is -2.24. The van der Waals surface area contributed by atoms with Gasteiger partial charge in [0, 0.05) is 5.56 Å². The molecule has 0 unspecified atom stereocenters. The van der Waals surface area contributed by atoms with Crippen molar-refractivity contribution >= 4 is 5.91 Å². The minimum absolute atomic E-state index is 0.0210. The van der Waals surface area contributed by atoms with E-state index in [1.54, 1.807) is 0 Å². The molecule has 5 heteroatoms. The predicted molar refractivity (Wildman–Crippen MR) is 87.6 cm³/mol. The second-order valence-corrected chi connectivity index (χ2v) is 7.61. The Morgan fingerprint density at radius 3 is 1.77 bits per heavy atom. The van der Waals surface area contributed by atoms with E-state index >= 15 is 0 Å². The number of aromatic nitrogens is 3. The minimum atomic E-state index is -0.170. The number of rotatable bonds is 2. The Morgan fingerprint density at radius 1 is 0.909 bits per heavy atom. The summed E-state index contributed by atoms with van der Waals surface area (Å²) in [5.41, 5.74) is 5.64. The molecule has 0 spiro atoms. The number of nitrogens with one attached hydrogen (secondary N) is 1. The van der Waals surface area contributed by atoms with Crippen molar-refractivity contribution in [2.75, 3.05) is 5.43 Å². The van der Waals surface area contributed by atoms with Gasteiger partial charge >= 0.3 is 0 Å². The largest absolute Gasteiger partial charge is 0.270 e. The highest BCUT2D eigenvalue weighted by molar-refractivity contribution is 6.00. The van der Waals surface area contributed by atoms with Crippen molar-refractivity contribution in [1.82, 2.24) is 14.9 Å². The lowest BCUT2D eigenvalue weighted by atomic mass is 9.79. The molecule has 0 fully saturated rings. The van der Waals surface area contributed by atoms with E-state index in [4.69, 9.17) is 0 Å². The van der Waals surface area contributed by atoms with Gasteiger partial charge in [-0.25, -0.2) is 4.68 Å². The van der Waals surface area contributed by atoms with E-state index in [0.717, 1.165) is 11.1 Å². The van der Waals surface area contributed by atoms with Crippen molar-refractivity contribution in [3.63, 3.8) is 0 Å². The Balaban J connectivity index is 2.44. The highest BCUT2D eigenvalue weighted by Gasteiger charge is 2.22. The molecule has 0 radical (unpaired) electrons. The zero-order valence-electron chi connectivity index (χ0n) is 14.1. The summed E-state index contributed by atoms with van der Waals surface area (Å²) in [7, 11) is 0. The normalized spacial score (nSPS) is 12.3. The SMILES string of the molecule is CC(C)(C)c1cc(C(=O)Nn2cnnc2)cc(C(C)(C)C)c1. The number of carbonyl (C=O) groups excluding carboxylic acids is 1. The van der Waals surface area contributed by atoms with Gasteiger partial charge < -0.3 is 0 Å². The van der Waals surface area contributed by atoms with E-state index in [2.05, 4.69) is 63.2 Å². The molecule has 22 heavy (non-hydrogen) atoms. The summed E-state index contributed by atoms with van der Waals surface area (Å²) < 4.78 is 1.45. The number of benzene rings is 1. The van der Waals surface area contributed by atoms with Gasteiger partial charge in [-0.15, -0.1) is 10.2 Å². The van der Waals surface area contributed by atoms with Crippen LogP contribution < -0.4 is 5.43 Å². The van der Waals surface area contributed by atoms with Gasteiger partial charge in [-0.2, -0.15) is 0 Å². The monoisotopic (exact) mass is 300 g/mol. The Bertz CT molecular complexity index is 629. The molecule has 1 aromatic carbocycles. The molecule has 0 saturated carbocycles. The van der Waals surface area contributed by atoms with Crippen molar-refractivity contribution in [1.29, 1.82) is 0 Å². The fraction of sp³-hybridized carbons (Fsp3) is 0.471. The molecule has 2 aromatic rings. The molecule has 1 N–H and O–H groups in total. The number of amides is 1. The molecule has 0 saturated heterocycles. The van der Waals surface area contributed by atoms with Crippen molar-refractivity contribution in [2.45, 2.75) is 52.4 Å². The molecular weight excluding hydrogens is 276 g/mol. The summed E-state index contributed by atoms with van der Waals surface area (Å²) in [5, 5.41) is 7.36. The molecule has 0 aliphatic carbocycles. The molecule has 1 heterocycles. The fourth-order valence-electron chi connectivity index (χ4n) is 2.06. The van der Waals surface area contributed by atoms with Crippen molar-refractivity contribution in [3.8, 4) is 0 Å². The topological polar surface area (TPSA) is 59.8 Å². The smallest absolute Gasteiger partial charge is 0.267 e. The highest BCUT2D eigenvalue weighted by Crippen LogP contribution is 2.30. The van der Waals surface area contributed by atoms with Gasteiger partial charge in [0.1, 0.15) is 12.7 Å². The van der Waals surface area contributed by atoms with Crippen LogP contribution in [0.2, 0.25) is 0 Å². The van der Waals surface area contributed by atoms with E-state index < -0.39 is 0 Å². The second-order valence-electron chi connectivity index (χ2n) is 7.61. The summed E-state index contributed by atoms with van der Waals surface area (Å²) in [6.45, 7) is 12.9. The van der Waals surface area contributed by atoms with Crippen molar-refractivity contribution in [3.05, 3.63) is 47.5 Å². The predicted octanol–water partition coefficient (Wildman–Crippen LogP) is 3.26. The van der Waals surface area contributed by atoms with Gasteiger partial charge in [0.25, 0.3) is 5.91 Å². The summed E-state index contributed by atoms with van der Waals surface area (Å²) in [6.07, 6.45) is 2.91. The Morgan fingerprint density at radius 2 is 1.36 bits per heavy atom. The first-order chi connectivity index (χ1) is 10.1. The molecule has 118 valence electrons. The van der Waals surface area contributed by atoms with Crippen molar-refractivity contribution < 1.29 is 4.79 Å². The summed E-state index contributed by atoms with van der Waals surface area (Å²) in [6, 6.07) is 6.10. The molecule has 0 atom stereocenters. The maximum Gasteiger partial charge on any atom is 0.270 e. The van der Waals surface area contributed by atoms with Gasteiger partial charge in [0.2, 0.25) is 0 Å². The third-order valence-corrected chi connectivity index (χ3v) is 3.58. The van der Waals surface area contributed by atoms with Gasteiger partial charge in [-0.05, 0) is 34.1 Å². The lowest BCUT2D eigenvalue weighted by molar-refractivity contribution is 0.101. The van der Waals surface area contributed by atoms with E-state index in [0.29, 0.717) is 5.56 Å². The zero-order valence-corrected chi connectivity index (χ0v) is 14.1. The van der Waals surface area contributed by atoms with Crippen LogP contribution in [-0.2, 0) is 10.8 Å². The van der Waals surface area contributed by atoms with E-state index in [1.165, 1.54) is 17.3 Å². The van der Waals surface area contributed by atoms with E-state index in [-0.39, 0.29) is 16.7 Å². The van der Waals surface area contributed by atoms with Crippen LogP contribution in [-0.4, -0.2) is 20.8 Å². The minimum Gasteiger partial charge on any atom is -0.267 e. The van der Waals surface area contributed by atoms with Crippen LogP contribution in [0.1, 0.15) is 63.0 Å². The average molecular weight is 300 g/mol. The van der Waals surface area contributed by atoms with E-state index in [1.807, 2.05) is 12.1 Å². The maximum atomic E-state index is 12.5. The Hall–Kier alpha value is -2.17. The van der Waals surface area contributed by atoms with E-state index in [9.17, 15) is 4.79 Å². The van der Waals surface area contributed by atoms with Crippen LogP contribution in [0.3, 0.4) is 0 Å². The van der Waals surface area contributed by atoms with Gasteiger partial charge in [-0.3, -0.25) is 10.2 Å². The maximum absolute atomic E-state index is 12.5. The average Bonchev–Trinajstić information content (AvgIpc) is 2.89. The molecule has 2 rings (SSSR count). The number of nitrogens with zero attached hydrogens (tertiary/aromatic N) is 3. The van der Waals surface area contributed by atoms with Gasteiger partial charge in [-0.1, -0.05) is 47.6 Å². The molecule has 0 bridgehead atoms. The first-order valence-corrected chi connectivity index (χ1v) is 7.39. The quantitative estimate of drug-likeness (QED) is 0.926. The summed E-state index contributed by atoms with van der Waals surface area (Å²) >= 11 is 0. The zero-order chi connectivity index (χ0) is 16.5. The van der Waals surface area contributed by atoms with Crippen LogP contribution >= 0.6 is 0 Å². The molecule has 0 aliphatic rings. The Labute approximate surface area is 131 Å². The second kappa shape index (κ2) is 5.55. The molecule has 1 aromatic heterocycles. The molecular formula is C17H24N4O. The number of hydrogen-bond donors (Lipinski definition) is 1. The first-order valence-electron chi connectivity index (χ1n) is 7.39.